The van der Waals surface area contributed by atoms with Gasteiger partial charge in [0.1, 0.15) is 0 Å². The number of nitrogens with two attached hydrogens (primary N) is 1. The lowest BCUT2D eigenvalue weighted by Crippen LogP contribution is -2.25. The molecule has 1 aromatic rings. The third-order valence-corrected chi connectivity index (χ3v) is 1.78. The molecule has 0 bridgehead atoms. The maximum absolute atomic E-state index is 5.73. The fourth-order valence-electron chi connectivity index (χ4n) is 1.24. The van der Waals surface area contributed by atoms with Gasteiger partial charge in [-0.25, -0.2) is 0 Å². The minimum atomic E-state index is -0.0568. The van der Waals surface area contributed by atoms with E-state index in [1.54, 1.807) is 18.0 Å². The van der Waals surface area contributed by atoms with Gasteiger partial charge in [0.25, 0.3) is 0 Å². The van der Waals surface area contributed by atoms with Crippen LogP contribution in [0.25, 0.3) is 0 Å². The molecule has 2 N–H and O–H groups in total. The number of hydrogen-bond acceptors (Lipinski definition) is 3. The van der Waals surface area contributed by atoms with Gasteiger partial charge >= 0.3 is 0 Å². The van der Waals surface area contributed by atoms with E-state index in [-0.39, 0.29) is 12.1 Å². The molecule has 1 heterocycles. The van der Waals surface area contributed by atoms with E-state index >= 15 is 0 Å². The van der Waals surface area contributed by atoms with E-state index in [0.717, 1.165) is 5.56 Å². The Balaban J connectivity index is 2.80. The first-order valence-corrected chi connectivity index (χ1v) is 3.92. The second kappa shape index (κ2) is 3.69. The monoisotopic (exact) mass is 169 g/mol. The van der Waals surface area contributed by atoms with E-state index < -0.39 is 0 Å². The highest BCUT2D eigenvalue weighted by atomic mass is 16.5. The number of rotatable bonds is 3. The average molecular weight is 169 g/mol. The maximum Gasteiger partial charge on any atom is 0.0999 e. The summed E-state index contributed by atoms with van der Waals surface area (Å²) in [5.74, 6) is 0. The van der Waals surface area contributed by atoms with Gasteiger partial charge in [-0.15, -0.1) is 0 Å². The van der Waals surface area contributed by atoms with Crippen molar-refractivity contribution in [1.82, 2.24) is 9.78 Å². The van der Waals surface area contributed by atoms with Gasteiger partial charge in [-0.2, -0.15) is 5.10 Å². The second-order valence-electron chi connectivity index (χ2n) is 2.96. The molecule has 1 rings (SSSR count). The lowest BCUT2D eigenvalue weighted by Gasteiger charge is -2.16. The molecule has 0 spiro atoms. The van der Waals surface area contributed by atoms with Crippen LogP contribution < -0.4 is 5.73 Å². The van der Waals surface area contributed by atoms with Crippen LogP contribution in [-0.4, -0.2) is 22.9 Å². The Morgan fingerprint density at radius 3 is 2.67 bits per heavy atom. The third kappa shape index (κ3) is 1.84. The molecule has 0 aliphatic rings. The van der Waals surface area contributed by atoms with Gasteiger partial charge in [0.15, 0.2) is 0 Å². The van der Waals surface area contributed by atoms with Crippen molar-refractivity contribution in [1.29, 1.82) is 0 Å². The molecule has 0 saturated heterocycles. The smallest absolute Gasteiger partial charge is 0.0999 e. The fourth-order valence-corrected chi connectivity index (χ4v) is 1.24. The van der Waals surface area contributed by atoms with Gasteiger partial charge in [0, 0.05) is 32.0 Å². The lowest BCUT2D eigenvalue weighted by atomic mass is 10.1. The Kier molecular flexibility index (Phi) is 2.83. The van der Waals surface area contributed by atoms with Crippen LogP contribution in [0.3, 0.4) is 0 Å². The molecule has 0 aliphatic carbocycles. The summed E-state index contributed by atoms with van der Waals surface area (Å²) in [7, 11) is 3.53. The molecule has 2 atom stereocenters. The molecule has 4 heteroatoms. The minimum Gasteiger partial charge on any atom is -0.375 e. The van der Waals surface area contributed by atoms with Crippen LogP contribution in [0.1, 0.15) is 18.6 Å². The molecule has 0 saturated carbocycles. The first-order chi connectivity index (χ1) is 5.65. The predicted molar refractivity (Wildman–Crippen MR) is 46.6 cm³/mol. The molecule has 4 nitrogen and oxygen atoms in total. The summed E-state index contributed by atoms with van der Waals surface area (Å²) < 4.78 is 6.97. The van der Waals surface area contributed by atoms with Crippen LogP contribution in [0.15, 0.2) is 12.4 Å². The largest absolute Gasteiger partial charge is 0.375 e. The van der Waals surface area contributed by atoms with Gasteiger partial charge < -0.3 is 10.5 Å². The van der Waals surface area contributed by atoms with Crippen LogP contribution in [0.4, 0.5) is 0 Å². The summed E-state index contributed by atoms with van der Waals surface area (Å²) in [4.78, 5) is 0. The van der Waals surface area contributed by atoms with Crippen molar-refractivity contribution >= 4 is 0 Å². The second-order valence-corrected chi connectivity index (χ2v) is 2.96. The van der Waals surface area contributed by atoms with Crippen molar-refractivity contribution in [2.45, 2.75) is 19.1 Å². The Morgan fingerprint density at radius 2 is 2.33 bits per heavy atom. The van der Waals surface area contributed by atoms with Gasteiger partial charge in [-0.05, 0) is 6.92 Å². The Hall–Kier alpha value is -0.870. The summed E-state index contributed by atoms with van der Waals surface area (Å²) in [6, 6.07) is -0.0146. The number of ether oxygens (including phenoxy) is 1. The van der Waals surface area contributed by atoms with Gasteiger partial charge in [0.05, 0.1) is 12.3 Å². The van der Waals surface area contributed by atoms with Gasteiger partial charge in [-0.3, -0.25) is 4.68 Å². The van der Waals surface area contributed by atoms with E-state index in [4.69, 9.17) is 10.5 Å². The SMILES string of the molecule is COC(c1cnn(C)c1)C(C)N. The quantitative estimate of drug-likeness (QED) is 0.715. The number of aromatic nitrogens is 2. The van der Waals surface area contributed by atoms with Gasteiger partial charge in [0.2, 0.25) is 0 Å². The van der Waals surface area contributed by atoms with Crippen molar-refractivity contribution in [3.63, 3.8) is 0 Å². The molecule has 68 valence electrons. The summed E-state index contributed by atoms with van der Waals surface area (Å²) in [6.07, 6.45) is 3.63. The lowest BCUT2D eigenvalue weighted by molar-refractivity contribution is 0.0853. The van der Waals surface area contributed by atoms with Crippen molar-refractivity contribution in [2.75, 3.05) is 7.11 Å². The molecule has 0 radical (unpaired) electrons. The molecular weight excluding hydrogens is 154 g/mol. The van der Waals surface area contributed by atoms with Crippen LogP contribution in [-0.2, 0) is 11.8 Å². The maximum atomic E-state index is 5.73. The Labute approximate surface area is 72.3 Å². The Bertz CT molecular complexity index is 244. The van der Waals surface area contributed by atoms with E-state index in [0.29, 0.717) is 0 Å². The predicted octanol–water partition coefficient (Wildman–Crippen LogP) is 0.455. The first kappa shape index (κ1) is 9.22. The average Bonchev–Trinajstić information content (AvgIpc) is 2.37. The molecule has 1 aromatic heterocycles. The summed E-state index contributed by atoms with van der Waals surface area (Å²) in [6.45, 7) is 1.92. The number of aryl methyl sites for hydroxylation is 1. The molecule has 12 heavy (non-hydrogen) atoms. The molecule has 0 fully saturated rings. The highest BCUT2D eigenvalue weighted by Crippen LogP contribution is 2.17. The first-order valence-electron chi connectivity index (χ1n) is 3.92. The van der Waals surface area contributed by atoms with Gasteiger partial charge in [-0.1, -0.05) is 0 Å². The summed E-state index contributed by atoms with van der Waals surface area (Å²) >= 11 is 0. The minimum absolute atomic E-state index is 0.0146. The topological polar surface area (TPSA) is 53.1 Å². The van der Waals surface area contributed by atoms with Crippen LogP contribution in [0, 0.1) is 0 Å². The number of hydrogen-bond donors (Lipinski definition) is 1. The van der Waals surface area contributed by atoms with Crippen molar-refractivity contribution in [3.8, 4) is 0 Å². The van der Waals surface area contributed by atoms with E-state index in [1.807, 2.05) is 20.2 Å². The standard InChI is InChI=1S/C8H15N3O/c1-6(9)8(12-3)7-4-10-11(2)5-7/h4-6,8H,9H2,1-3H3. The fraction of sp³-hybridized carbons (Fsp3) is 0.625. The molecule has 2 unspecified atom stereocenters. The zero-order valence-electron chi connectivity index (χ0n) is 7.69. The Morgan fingerprint density at radius 1 is 1.67 bits per heavy atom. The van der Waals surface area contributed by atoms with E-state index in [1.165, 1.54) is 0 Å². The number of methoxy groups -OCH3 is 1. The molecule has 0 aliphatic heterocycles. The van der Waals surface area contributed by atoms with Crippen LogP contribution in [0.2, 0.25) is 0 Å². The van der Waals surface area contributed by atoms with Crippen LogP contribution in [0.5, 0.6) is 0 Å². The highest BCUT2D eigenvalue weighted by Gasteiger charge is 2.16. The molecule has 0 aromatic carbocycles. The normalized spacial score (nSPS) is 16.0. The van der Waals surface area contributed by atoms with Crippen molar-refractivity contribution in [2.24, 2.45) is 12.8 Å². The summed E-state index contributed by atoms with van der Waals surface area (Å²) in [5, 5.41) is 4.05. The van der Waals surface area contributed by atoms with Crippen LogP contribution >= 0.6 is 0 Å². The number of nitrogens with zero attached hydrogens (tertiary/aromatic N) is 2. The van der Waals surface area contributed by atoms with Crippen molar-refractivity contribution < 1.29 is 4.74 Å². The van der Waals surface area contributed by atoms with E-state index in [2.05, 4.69) is 5.10 Å². The zero-order chi connectivity index (χ0) is 9.14. The molecule has 0 amide bonds. The van der Waals surface area contributed by atoms with Crippen molar-refractivity contribution in [3.05, 3.63) is 18.0 Å². The third-order valence-electron chi connectivity index (χ3n) is 1.78. The van der Waals surface area contributed by atoms with E-state index in [9.17, 15) is 0 Å². The summed E-state index contributed by atoms with van der Waals surface area (Å²) in [5.41, 5.74) is 6.75. The zero-order valence-corrected chi connectivity index (χ0v) is 7.69. The molecular formula is C8H15N3O. The highest BCUT2D eigenvalue weighted by molar-refractivity contribution is 5.10.